The summed E-state index contributed by atoms with van der Waals surface area (Å²) in [5.74, 6) is -0.303. The fourth-order valence-electron chi connectivity index (χ4n) is 3.09. The molecular formula is C19H25BrF2N2O3. The van der Waals surface area contributed by atoms with Crippen molar-refractivity contribution >= 4 is 27.7 Å². The molecule has 0 bridgehead atoms. The van der Waals surface area contributed by atoms with Gasteiger partial charge in [0.05, 0.1) is 0 Å². The molecule has 0 aliphatic carbocycles. The monoisotopic (exact) mass is 446 g/mol. The van der Waals surface area contributed by atoms with Gasteiger partial charge < -0.3 is 15.0 Å². The van der Waals surface area contributed by atoms with E-state index in [0.717, 1.165) is 6.42 Å². The molecule has 1 N–H and O–H groups in total. The minimum Gasteiger partial charge on any atom is -0.434 e. The highest BCUT2D eigenvalue weighted by atomic mass is 79.9. The van der Waals surface area contributed by atoms with Crippen LogP contribution in [0.2, 0.25) is 0 Å². The van der Waals surface area contributed by atoms with Gasteiger partial charge in [-0.3, -0.25) is 9.59 Å². The largest absolute Gasteiger partial charge is 0.434 e. The lowest BCUT2D eigenvalue weighted by Crippen LogP contribution is -2.46. The van der Waals surface area contributed by atoms with Crippen LogP contribution in [0.1, 0.15) is 45.6 Å². The molecule has 0 aromatic heterocycles. The second-order valence-corrected chi connectivity index (χ2v) is 8.75. The van der Waals surface area contributed by atoms with E-state index in [2.05, 4.69) is 26.0 Å². The number of alkyl halides is 2. The van der Waals surface area contributed by atoms with Crippen molar-refractivity contribution in [3.8, 4) is 5.75 Å². The molecule has 1 aromatic carbocycles. The maximum Gasteiger partial charge on any atom is 0.387 e. The maximum atomic E-state index is 12.6. The summed E-state index contributed by atoms with van der Waals surface area (Å²) in [6.45, 7) is 3.60. The Morgan fingerprint density at radius 2 is 2.07 bits per heavy atom. The number of hydrogen-bond acceptors (Lipinski definition) is 3. The number of amides is 2. The van der Waals surface area contributed by atoms with Gasteiger partial charge in [-0.05, 0) is 36.5 Å². The zero-order valence-electron chi connectivity index (χ0n) is 15.7. The molecule has 27 heavy (non-hydrogen) atoms. The normalized spacial score (nSPS) is 17.3. The third-order valence-corrected chi connectivity index (χ3v) is 4.74. The Kier molecular flexibility index (Phi) is 7.19. The first-order chi connectivity index (χ1) is 12.6. The van der Waals surface area contributed by atoms with E-state index in [-0.39, 0.29) is 29.5 Å². The van der Waals surface area contributed by atoms with Crippen LogP contribution in [0.3, 0.4) is 0 Å². The second-order valence-electron chi connectivity index (χ2n) is 7.83. The van der Waals surface area contributed by atoms with Crippen LogP contribution < -0.4 is 10.1 Å². The average Bonchev–Trinajstić information content (AvgIpc) is 3.02. The van der Waals surface area contributed by atoms with Crippen LogP contribution >= 0.6 is 15.9 Å². The number of nitrogens with zero attached hydrogens (tertiary/aromatic N) is 1. The fraction of sp³-hybridized carbons (Fsp3) is 0.579. The molecule has 0 spiro atoms. The third kappa shape index (κ3) is 6.45. The minimum absolute atomic E-state index is 0.0144. The van der Waals surface area contributed by atoms with Crippen LogP contribution in [-0.4, -0.2) is 35.9 Å². The molecule has 8 heteroatoms. The van der Waals surface area contributed by atoms with Gasteiger partial charge in [0, 0.05) is 29.5 Å². The number of rotatable bonds is 6. The Morgan fingerprint density at radius 3 is 2.70 bits per heavy atom. The Hall–Kier alpha value is -1.70. The van der Waals surface area contributed by atoms with Crippen LogP contribution in [0, 0.1) is 5.41 Å². The Balaban J connectivity index is 2.03. The average molecular weight is 447 g/mol. The van der Waals surface area contributed by atoms with E-state index in [0.29, 0.717) is 29.4 Å². The molecule has 1 aliphatic rings. The van der Waals surface area contributed by atoms with E-state index in [9.17, 15) is 18.4 Å². The number of hydrogen-bond donors (Lipinski definition) is 1. The molecular weight excluding hydrogens is 422 g/mol. The van der Waals surface area contributed by atoms with E-state index < -0.39 is 12.7 Å². The minimum atomic E-state index is -2.94. The summed E-state index contributed by atoms with van der Waals surface area (Å²) in [4.78, 5) is 26.7. The van der Waals surface area contributed by atoms with Crippen LogP contribution in [0.5, 0.6) is 5.75 Å². The lowest BCUT2D eigenvalue weighted by molar-refractivity contribution is -0.139. The van der Waals surface area contributed by atoms with Gasteiger partial charge in [0.2, 0.25) is 11.8 Å². The van der Waals surface area contributed by atoms with Gasteiger partial charge in [0.1, 0.15) is 11.8 Å². The highest BCUT2D eigenvalue weighted by Crippen LogP contribution is 2.26. The summed E-state index contributed by atoms with van der Waals surface area (Å²) in [6.07, 6.45) is 1.74. The summed E-state index contributed by atoms with van der Waals surface area (Å²) < 4.78 is 30.3. The number of likely N-dealkylation sites (tertiary alicyclic amines) is 1. The van der Waals surface area contributed by atoms with Crippen molar-refractivity contribution in [2.75, 3.05) is 6.54 Å². The van der Waals surface area contributed by atoms with Crippen LogP contribution in [0.4, 0.5) is 8.78 Å². The van der Waals surface area contributed by atoms with Crippen molar-refractivity contribution in [1.82, 2.24) is 10.2 Å². The van der Waals surface area contributed by atoms with Crippen molar-refractivity contribution in [2.24, 2.45) is 5.41 Å². The van der Waals surface area contributed by atoms with Crippen molar-refractivity contribution in [3.05, 3.63) is 28.2 Å². The van der Waals surface area contributed by atoms with Gasteiger partial charge in [-0.25, -0.2) is 0 Å². The lowest BCUT2D eigenvalue weighted by Gasteiger charge is -2.27. The molecule has 0 radical (unpaired) electrons. The molecule has 1 fully saturated rings. The van der Waals surface area contributed by atoms with Gasteiger partial charge in [-0.1, -0.05) is 36.7 Å². The number of carbonyl (C=O) groups excluding carboxylic acids is 2. The fourth-order valence-corrected chi connectivity index (χ4v) is 3.50. The topological polar surface area (TPSA) is 58.6 Å². The highest BCUT2D eigenvalue weighted by Gasteiger charge is 2.35. The quantitative estimate of drug-likeness (QED) is 0.715. The molecule has 1 atom stereocenters. The summed E-state index contributed by atoms with van der Waals surface area (Å²) in [7, 11) is 0. The summed E-state index contributed by atoms with van der Waals surface area (Å²) in [5, 5.41) is 2.75. The number of nitrogens with one attached hydrogen (secondary N) is 1. The summed E-state index contributed by atoms with van der Waals surface area (Å²) in [6, 6.07) is 4.11. The molecule has 2 amide bonds. The van der Waals surface area contributed by atoms with Crippen molar-refractivity contribution in [2.45, 2.75) is 59.2 Å². The first-order valence-corrected chi connectivity index (χ1v) is 9.66. The summed E-state index contributed by atoms with van der Waals surface area (Å²) >= 11 is 3.28. The Labute approximate surface area is 166 Å². The van der Waals surface area contributed by atoms with Gasteiger partial charge in [0.15, 0.2) is 0 Å². The van der Waals surface area contributed by atoms with E-state index in [1.807, 2.05) is 20.8 Å². The smallest absolute Gasteiger partial charge is 0.387 e. The highest BCUT2D eigenvalue weighted by molar-refractivity contribution is 9.10. The summed E-state index contributed by atoms with van der Waals surface area (Å²) in [5.41, 5.74) is 0.280. The molecule has 1 aliphatic heterocycles. The zero-order valence-corrected chi connectivity index (χ0v) is 17.3. The number of carbonyl (C=O) groups is 2. The number of benzene rings is 1. The van der Waals surface area contributed by atoms with Gasteiger partial charge in [-0.15, -0.1) is 0 Å². The molecule has 150 valence electrons. The lowest BCUT2D eigenvalue weighted by atomic mass is 9.91. The maximum absolute atomic E-state index is 12.6. The first kappa shape index (κ1) is 21.6. The predicted octanol–water partition coefficient (Wildman–Crippen LogP) is 4.09. The molecule has 5 nitrogen and oxygen atoms in total. The molecule has 1 unspecified atom stereocenters. The standard InChI is InChI=1S/C19H25BrF2N2O3/c1-19(2,3)10-16(25)24-8-4-5-14(24)17(26)23-11-12-9-13(20)6-7-15(12)27-18(21)22/h6-7,9,14,18H,4-5,8,10-11H2,1-3H3,(H,23,26). The molecule has 1 saturated heterocycles. The van der Waals surface area contributed by atoms with E-state index in [4.69, 9.17) is 0 Å². The zero-order chi connectivity index (χ0) is 20.2. The SMILES string of the molecule is CC(C)(C)CC(=O)N1CCCC1C(=O)NCc1cc(Br)ccc1OC(F)F. The van der Waals surface area contributed by atoms with Gasteiger partial charge in [-0.2, -0.15) is 8.78 Å². The number of halogens is 3. The molecule has 1 heterocycles. The van der Waals surface area contributed by atoms with E-state index in [1.165, 1.54) is 6.07 Å². The van der Waals surface area contributed by atoms with Crippen LogP contribution in [0.25, 0.3) is 0 Å². The van der Waals surface area contributed by atoms with Crippen LogP contribution in [-0.2, 0) is 16.1 Å². The van der Waals surface area contributed by atoms with Gasteiger partial charge in [0.25, 0.3) is 0 Å². The number of ether oxygens (including phenoxy) is 1. The van der Waals surface area contributed by atoms with Crippen LogP contribution in [0.15, 0.2) is 22.7 Å². The van der Waals surface area contributed by atoms with E-state index >= 15 is 0 Å². The molecule has 0 saturated carbocycles. The van der Waals surface area contributed by atoms with Gasteiger partial charge >= 0.3 is 6.61 Å². The predicted molar refractivity (Wildman–Crippen MR) is 101 cm³/mol. The molecule has 2 rings (SSSR count). The Bertz CT molecular complexity index is 692. The van der Waals surface area contributed by atoms with Crippen molar-refractivity contribution in [1.29, 1.82) is 0 Å². The van der Waals surface area contributed by atoms with Crippen molar-refractivity contribution in [3.63, 3.8) is 0 Å². The second kappa shape index (κ2) is 8.99. The molecule has 1 aromatic rings. The van der Waals surface area contributed by atoms with E-state index in [1.54, 1.807) is 17.0 Å². The Morgan fingerprint density at radius 1 is 1.37 bits per heavy atom. The van der Waals surface area contributed by atoms with Crippen molar-refractivity contribution < 1.29 is 23.1 Å². The third-order valence-electron chi connectivity index (χ3n) is 4.25. The first-order valence-electron chi connectivity index (χ1n) is 8.87.